The minimum Gasteiger partial charge on any atom is -0.325 e. The number of benzene rings is 3. The second-order valence-corrected chi connectivity index (χ2v) is 7.18. The van der Waals surface area contributed by atoms with Crippen LogP contribution in [0.5, 0.6) is 0 Å². The van der Waals surface area contributed by atoms with Gasteiger partial charge in [-0.15, -0.1) is 11.8 Å². The van der Waals surface area contributed by atoms with Crippen molar-refractivity contribution in [3.05, 3.63) is 94.3 Å². The number of rotatable bonds is 7. The third kappa shape index (κ3) is 5.89. The second kappa shape index (κ2) is 9.66. The predicted molar refractivity (Wildman–Crippen MR) is 113 cm³/mol. The molecule has 0 heterocycles. The van der Waals surface area contributed by atoms with Crippen molar-refractivity contribution in [3.63, 3.8) is 0 Å². The van der Waals surface area contributed by atoms with Gasteiger partial charge in [-0.2, -0.15) is 0 Å². The first kappa shape index (κ1) is 21.0. The van der Waals surface area contributed by atoms with E-state index in [0.29, 0.717) is 11.4 Å². The molecule has 2 N–H and O–H groups in total. The highest BCUT2D eigenvalue weighted by molar-refractivity contribution is 8.00. The Kier molecular flexibility index (Phi) is 6.76. The summed E-state index contributed by atoms with van der Waals surface area (Å²) < 4.78 is 12.9. The van der Waals surface area contributed by atoms with Gasteiger partial charge in [-0.3, -0.25) is 19.7 Å². The number of halogens is 1. The number of amides is 2. The molecule has 0 saturated heterocycles. The van der Waals surface area contributed by atoms with Crippen LogP contribution in [0.25, 0.3) is 0 Å². The van der Waals surface area contributed by atoms with Crippen LogP contribution in [0.3, 0.4) is 0 Å². The van der Waals surface area contributed by atoms with Crippen LogP contribution in [-0.2, 0) is 4.79 Å². The molecule has 152 valence electrons. The van der Waals surface area contributed by atoms with E-state index < -0.39 is 10.8 Å². The third-order valence-corrected chi connectivity index (χ3v) is 4.90. The number of carbonyl (C=O) groups is 2. The van der Waals surface area contributed by atoms with E-state index in [4.69, 9.17) is 0 Å². The van der Waals surface area contributed by atoms with Crippen molar-refractivity contribution in [3.8, 4) is 0 Å². The number of hydrogen-bond donors (Lipinski definition) is 2. The molecule has 0 saturated carbocycles. The Morgan fingerprint density at radius 1 is 0.933 bits per heavy atom. The fourth-order valence-electron chi connectivity index (χ4n) is 2.51. The summed E-state index contributed by atoms with van der Waals surface area (Å²) in [6.07, 6.45) is 0. The number of non-ortho nitro benzene ring substituents is 1. The summed E-state index contributed by atoms with van der Waals surface area (Å²) in [5.74, 6) is -0.987. The summed E-state index contributed by atoms with van der Waals surface area (Å²) in [6, 6.07) is 17.8. The number of nitro benzene ring substituents is 1. The minimum absolute atomic E-state index is 0.125. The Labute approximate surface area is 175 Å². The SMILES string of the molecule is O=C(CSc1cccc(NC(=O)c2cccc([N+](=O)[O-])c2)c1)Nc1ccc(F)cc1. The first-order valence-electron chi connectivity index (χ1n) is 8.75. The molecule has 0 aliphatic heterocycles. The molecule has 30 heavy (non-hydrogen) atoms. The lowest BCUT2D eigenvalue weighted by molar-refractivity contribution is -0.384. The molecule has 0 aromatic heterocycles. The van der Waals surface area contributed by atoms with Gasteiger partial charge < -0.3 is 10.6 Å². The van der Waals surface area contributed by atoms with E-state index in [9.17, 15) is 24.1 Å². The van der Waals surface area contributed by atoms with Gasteiger partial charge in [0.1, 0.15) is 5.82 Å². The van der Waals surface area contributed by atoms with Crippen LogP contribution in [-0.4, -0.2) is 22.5 Å². The molecule has 0 aliphatic rings. The molecule has 0 unspecified atom stereocenters. The summed E-state index contributed by atoms with van der Waals surface area (Å²) in [5, 5.41) is 16.2. The first-order valence-corrected chi connectivity index (χ1v) is 9.73. The predicted octanol–water partition coefficient (Wildman–Crippen LogP) is 4.72. The number of anilines is 2. The maximum Gasteiger partial charge on any atom is 0.270 e. The molecule has 0 bridgehead atoms. The molecule has 3 aromatic rings. The lowest BCUT2D eigenvalue weighted by Gasteiger charge is -2.08. The molecular formula is C21H16FN3O4S. The molecule has 3 aromatic carbocycles. The van der Waals surface area contributed by atoms with Crippen molar-refractivity contribution in [1.82, 2.24) is 0 Å². The average molecular weight is 425 g/mol. The van der Waals surface area contributed by atoms with Crippen LogP contribution in [0.2, 0.25) is 0 Å². The van der Waals surface area contributed by atoms with Crippen molar-refractivity contribution in [1.29, 1.82) is 0 Å². The van der Waals surface area contributed by atoms with Crippen LogP contribution in [0.15, 0.2) is 77.7 Å². The first-order chi connectivity index (χ1) is 14.4. The van der Waals surface area contributed by atoms with Gasteiger partial charge in [-0.05, 0) is 48.5 Å². The highest BCUT2D eigenvalue weighted by Crippen LogP contribution is 2.23. The Hall–Kier alpha value is -3.72. The van der Waals surface area contributed by atoms with Gasteiger partial charge in [0.25, 0.3) is 11.6 Å². The fraction of sp³-hybridized carbons (Fsp3) is 0.0476. The second-order valence-electron chi connectivity index (χ2n) is 6.13. The fourth-order valence-corrected chi connectivity index (χ4v) is 3.26. The maximum absolute atomic E-state index is 12.9. The Morgan fingerprint density at radius 3 is 2.40 bits per heavy atom. The van der Waals surface area contributed by atoms with Crippen molar-refractivity contribution >= 4 is 40.6 Å². The van der Waals surface area contributed by atoms with Crippen molar-refractivity contribution in [2.45, 2.75) is 4.90 Å². The number of carbonyl (C=O) groups excluding carboxylic acids is 2. The molecule has 0 aliphatic carbocycles. The topological polar surface area (TPSA) is 101 Å². The van der Waals surface area contributed by atoms with Crippen LogP contribution in [0.1, 0.15) is 10.4 Å². The van der Waals surface area contributed by atoms with Crippen LogP contribution < -0.4 is 10.6 Å². The molecule has 0 fully saturated rings. The number of nitro groups is 1. The average Bonchev–Trinajstić information content (AvgIpc) is 2.74. The lowest BCUT2D eigenvalue weighted by atomic mass is 10.2. The van der Waals surface area contributed by atoms with E-state index in [-0.39, 0.29) is 28.7 Å². The van der Waals surface area contributed by atoms with Gasteiger partial charge >= 0.3 is 0 Å². The van der Waals surface area contributed by atoms with Gasteiger partial charge in [-0.25, -0.2) is 4.39 Å². The lowest BCUT2D eigenvalue weighted by Crippen LogP contribution is -2.14. The highest BCUT2D eigenvalue weighted by Gasteiger charge is 2.12. The van der Waals surface area contributed by atoms with E-state index in [1.165, 1.54) is 60.3 Å². The van der Waals surface area contributed by atoms with Gasteiger partial charge in [0.15, 0.2) is 0 Å². The van der Waals surface area contributed by atoms with E-state index in [2.05, 4.69) is 10.6 Å². The van der Waals surface area contributed by atoms with E-state index in [1.807, 2.05) is 0 Å². The van der Waals surface area contributed by atoms with Gasteiger partial charge in [-0.1, -0.05) is 12.1 Å². The van der Waals surface area contributed by atoms with E-state index >= 15 is 0 Å². The normalized spacial score (nSPS) is 10.3. The molecule has 0 spiro atoms. The molecule has 0 radical (unpaired) electrons. The smallest absolute Gasteiger partial charge is 0.270 e. The Balaban J connectivity index is 1.58. The zero-order chi connectivity index (χ0) is 21.5. The largest absolute Gasteiger partial charge is 0.325 e. The van der Waals surface area contributed by atoms with Crippen LogP contribution in [0, 0.1) is 15.9 Å². The van der Waals surface area contributed by atoms with Crippen LogP contribution >= 0.6 is 11.8 Å². The Bertz CT molecular complexity index is 1090. The molecule has 9 heteroatoms. The number of thioether (sulfide) groups is 1. The van der Waals surface area contributed by atoms with Gasteiger partial charge in [0.2, 0.25) is 5.91 Å². The molecular weight excluding hydrogens is 409 g/mol. The summed E-state index contributed by atoms with van der Waals surface area (Å²) in [4.78, 5) is 35.5. The summed E-state index contributed by atoms with van der Waals surface area (Å²) in [7, 11) is 0. The molecule has 0 atom stereocenters. The minimum atomic E-state index is -0.564. The van der Waals surface area contributed by atoms with Gasteiger partial charge in [0.05, 0.1) is 10.7 Å². The van der Waals surface area contributed by atoms with Gasteiger partial charge in [0, 0.05) is 34.0 Å². The van der Waals surface area contributed by atoms with E-state index in [1.54, 1.807) is 24.3 Å². The van der Waals surface area contributed by atoms with Crippen molar-refractivity contribution < 1.29 is 18.9 Å². The van der Waals surface area contributed by atoms with Crippen molar-refractivity contribution in [2.24, 2.45) is 0 Å². The van der Waals surface area contributed by atoms with Crippen molar-refractivity contribution in [2.75, 3.05) is 16.4 Å². The van der Waals surface area contributed by atoms with Crippen LogP contribution in [0.4, 0.5) is 21.5 Å². The third-order valence-electron chi connectivity index (χ3n) is 3.91. The summed E-state index contributed by atoms with van der Waals surface area (Å²) in [6.45, 7) is 0. The number of hydrogen-bond acceptors (Lipinski definition) is 5. The number of nitrogens with one attached hydrogen (secondary N) is 2. The molecule has 7 nitrogen and oxygen atoms in total. The summed E-state index contributed by atoms with van der Waals surface area (Å²) >= 11 is 1.27. The quantitative estimate of drug-likeness (QED) is 0.324. The monoisotopic (exact) mass is 425 g/mol. The van der Waals surface area contributed by atoms with E-state index in [0.717, 1.165) is 4.90 Å². The summed E-state index contributed by atoms with van der Waals surface area (Å²) in [5.41, 5.74) is 0.996. The number of nitrogens with zero attached hydrogens (tertiary/aromatic N) is 1. The highest BCUT2D eigenvalue weighted by atomic mass is 32.2. The Morgan fingerprint density at radius 2 is 1.67 bits per heavy atom. The molecule has 3 rings (SSSR count). The zero-order valence-electron chi connectivity index (χ0n) is 15.5. The zero-order valence-corrected chi connectivity index (χ0v) is 16.3. The maximum atomic E-state index is 12.9. The molecule has 2 amide bonds. The standard InChI is InChI=1S/C21H16FN3O4S/c22-15-7-9-16(10-8-15)23-20(26)13-30-19-6-2-4-17(12-19)24-21(27)14-3-1-5-18(11-14)25(28)29/h1-12H,13H2,(H,23,26)(H,24,27).